The number of hydrogen-bond acceptors (Lipinski definition) is 10. The zero-order chi connectivity index (χ0) is 38.9. The van der Waals surface area contributed by atoms with Crippen LogP contribution >= 0.6 is 0 Å². The minimum atomic E-state index is -1.43. The number of fused-ring (bicyclic) bond motifs is 1. The lowest BCUT2D eigenvalue weighted by molar-refractivity contribution is -0.151. The Morgan fingerprint density at radius 2 is 1.85 bits per heavy atom. The predicted octanol–water partition coefficient (Wildman–Crippen LogP) is 3.65. The average Bonchev–Trinajstić information content (AvgIpc) is 3.09. The van der Waals surface area contributed by atoms with Gasteiger partial charge in [0.2, 0.25) is 11.8 Å². The summed E-state index contributed by atoms with van der Waals surface area (Å²) in [6.07, 6.45) is 15.7. The molecule has 6 atom stereocenters. The number of hydrogen-bond donors (Lipinski definition) is 4. The summed E-state index contributed by atoms with van der Waals surface area (Å²) in [6.45, 7) is 17.7. The van der Waals surface area contributed by atoms with Gasteiger partial charge in [-0.05, 0) is 63.3 Å². The van der Waals surface area contributed by atoms with Gasteiger partial charge in [-0.3, -0.25) is 29.0 Å². The molecular weight excluding hydrogens is 683 g/mol. The van der Waals surface area contributed by atoms with E-state index in [1.165, 1.54) is 19.0 Å². The van der Waals surface area contributed by atoms with Gasteiger partial charge in [-0.1, -0.05) is 63.9 Å². The molecule has 0 aromatic rings. The zero-order valence-electron chi connectivity index (χ0n) is 32.5. The van der Waals surface area contributed by atoms with Crippen LogP contribution in [-0.4, -0.2) is 93.8 Å². The highest BCUT2D eigenvalue weighted by Gasteiger charge is 2.40. The number of rotatable bonds is 16. The number of dihydropyridines is 1. The van der Waals surface area contributed by atoms with Crippen LogP contribution in [0, 0.1) is 16.7 Å². The first-order valence-corrected chi connectivity index (χ1v) is 21.8. The van der Waals surface area contributed by atoms with Crippen molar-refractivity contribution in [1.82, 2.24) is 26.4 Å². The van der Waals surface area contributed by atoms with Crippen LogP contribution in [0.25, 0.3) is 0 Å². The maximum absolute atomic E-state index is 14.3. The molecule has 3 amide bonds. The van der Waals surface area contributed by atoms with Gasteiger partial charge >= 0.3 is 11.9 Å². The smallest absolute Gasteiger partial charge is 0.324 e. The Morgan fingerprint density at radius 1 is 1.13 bits per heavy atom. The van der Waals surface area contributed by atoms with E-state index in [0.717, 1.165) is 17.3 Å². The molecule has 13 nitrogen and oxygen atoms in total. The fourth-order valence-electron chi connectivity index (χ4n) is 5.99. The van der Waals surface area contributed by atoms with Gasteiger partial charge in [0.05, 0.1) is 24.5 Å². The van der Waals surface area contributed by atoms with Gasteiger partial charge in [0.15, 0.2) is 0 Å². The Hall–Kier alpha value is -4.01. The third-order valence-electron chi connectivity index (χ3n) is 9.47. The van der Waals surface area contributed by atoms with E-state index in [9.17, 15) is 24.0 Å². The molecule has 14 heteroatoms. The number of hydrazine groups is 1. The third kappa shape index (κ3) is 11.5. The quantitative estimate of drug-likeness (QED) is 0.0795. The first kappa shape index (κ1) is 42.4. The molecule has 0 radical (unpaired) electrons. The van der Waals surface area contributed by atoms with Crippen molar-refractivity contribution in [1.29, 1.82) is 0 Å². The minimum Gasteiger partial charge on any atom is -0.468 e. The van der Waals surface area contributed by atoms with Crippen molar-refractivity contribution in [3.63, 3.8) is 0 Å². The Bertz CT molecular complexity index is 1500. The molecule has 3 rings (SSSR count). The lowest BCUT2D eigenvalue weighted by Gasteiger charge is -2.36. The van der Waals surface area contributed by atoms with Crippen LogP contribution in [0.1, 0.15) is 54.4 Å². The molecule has 1 aliphatic carbocycles. The van der Waals surface area contributed by atoms with Gasteiger partial charge in [-0.25, -0.2) is 5.43 Å². The van der Waals surface area contributed by atoms with Crippen molar-refractivity contribution in [2.75, 3.05) is 26.9 Å². The van der Waals surface area contributed by atoms with Crippen molar-refractivity contribution in [2.45, 2.75) is 104 Å². The van der Waals surface area contributed by atoms with E-state index in [-0.39, 0.29) is 12.5 Å². The Labute approximate surface area is 309 Å². The van der Waals surface area contributed by atoms with Gasteiger partial charge in [-0.15, -0.1) is 0 Å². The van der Waals surface area contributed by atoms with Gasteiger partial charge in [-0.2, -0.15) is 0 Å². The number of methoxy groups -OCH3 is 1. The highest BCUT2D eigenvalue weighted by molar-refractivity contribution is 6.76. The monoisotopic (exact) mass is 741 g/mol. The molecule has 2 aliphatic heterocycles. The van der Waals surface area contributed by atoms with E-state index in [0.29, 0.717) is 26.0 Å². The molecule has 288 valence electrons. The van der Waals surface area contributed by atoms with Gasteiger partial charge in [0.25, 0.3) is 5.91 Å². The Kier molecular flexibility index (Phi) is 14.8. The average molecular weight is 742 g/mol. The first-order chi connectivity index (χ1) is 24.3. The summed E-state index contributed by atoms with van der Waals surface area (Å²) < 4.78 is 16.7. The van der Waals surface area contributed by atoms with E-state index in [1.54, 1.807) is 26.8 Å². The summed E-state index contributed by atoms with van der Waals surface area (Å²) in [5.74, 6) is -2.61. The van der Waals surface area contributed by atoms with Gasteiger partial charge < -0.3 is 30.2 Å². The molecule has 0 spiro atoms. The molecular formula is C38H59N5O8Si. The van der Waals surface area contributed by atoms with Crippen molar-refractivity contribution in [3.8, 4) is 0 Å². The maximum atomic E-state index is 14.3. The van der Waals surface area contributed by atoms with Crippen LogP contribution in [0.15, 0.2) is 60.0 Å². The standard InChI is InChI=1S/C38H59N5O8Si/c1-25(2)32(33(45)40-26(3)34(46)43-20-12-14-30(42-43)35(47)49-7)41-36(48)37(6,24-50-21-22-52(8,9)10)17-18-38(27(4)51-28(5)44)16-15-29-13-11-19-39-31(29)23-38/h11,13,15-19,23,25-27,30,32,39,42H,12,14,20-22,24H2,1-10H3,(H,40,45)(H,41,48)/b18-17+/t26-,27+,30-,32-,37?,38?/m0/s1. The van der Waals surface area contributed by atoms with E-state index in [2.05, 4.69) is 41.0 Å². The summed E-state index contributed by atoms with van der Waals surface area (Å²) >= 11 is 0. The van der Waals surface area contributed by atoms with Crippen LogP contribution in [0.3, 0.4) is 0 Å². The highest BCUT2D eigenvalue weighted by atomic mass is 28.3. The minimum absolute atomic E-state index is 0.0353. The third-order valence-corrected chi connectivity index (χ3v) is 11.2. The Morgan fingerprint density at radius 3 is 2.48 bits per heavy atom. The molecule has 0 aromatic carbocycles. The number of nitrogens with zero attached hydrogens (tertiary/aromatic N) is 1. The van der Waals surface area contributed by atoms with Crippen molar-refractivity contribution >= 4 is 37.7 Å². The predicted molar refractivity (Wildman–Crippen MR) is 202 cm³/mol. The number of amides is 3. The van der Waals surface area contributed by atoms with E-state index in [4.69, 9.17) is 14.2 Å². The lowest BCUT2D eigenvalue weighted by atomic mass is 9.74. The van der Waals surface area contributed by atoms with Crippen LogP contribution < -0.4 is 21.4 Å². The molecule has 0 aromatic heterocycles. The molecule has 3 aliphatic rings. The number of carbonyl (C=O) groups is 5. The largest absolute Gasteiger partial charge is 0.468 e. The number of nitrogens with one attached hydrogen (secondary N) is 4. The highest BCUT2D eigenvalue weighted by Crippen LogP contribution is 2.39. The molecule has 2 heterocycles. The van der Waals surface area contributed by atoms with Crippen molar-refractivity contribution < 1.29 is 38.2 Å². The zero-order valence-corrected chi connectivity index (χ0v) is 33.5. The molecule has 1 saturated heterocycles. The van der Waals surface area contributed by atoms with Crippen LogP contribution in [0.5, 0.6) is 0 Å². The van der Waals surface area contributed by atoms with E-state index < -0.39 is 72.8 Å². The van der Waals surface area contributed by atoms with Gasteiger partial charge in [0, 0.05) is 40.0 Å². The summed E-state index contributed by atoms with van der Waals surface area (Å²) in [4.78, 5) is 65.5. The van der Waals surface area contributed by atoms with Gasteiger partial charge in [0.1, 0.15) is 24.2 Å². The summed E-state index contributed by atoms with van der Waals surface area (Å²) in [7, 11) is -0.138. The fourth-order valence-corrected chi connectivity index (χ4v) is 6.74. The topological polar surface area (TPSA) is 164 Å². The number of esters is 2. The molecule has 2 unspecified atom stereocenters. The van der Waals surface area contributed by atoms with Crippen molar-refractivity contribution in [3.05, 3.63) is 60.0 Å². The summed E-state index contributed by atoms with van der Waals surface area (Å²) in [5.41, 5.74) is 2.55. The second kappa shape index (κ2) is 18.2. The molecule has 52 heavy (non-hydrogen) atoms. The summed E-state index contributed by atoms with van der Waals surface area (Å²) in [6, 6.07) is -1.68. The van der Waals surface area contributed by atoms with Crippen LogP contribution in [-0.2, 0) is 38.2 Å². The second-order valence-corrected chi connectivity index (χ2v) is 21.3. The SMILES string of the molecule is COC(=O)[C@@H]1CCCN(C(=O)[C@H](C)NC(=O)[C@@H](NC(=O)C(C)(/C=C/C2([C@@H](C)OC(C)=O)C=CC3=CC=CNC3=C2)COCC[Si](C)(C)C)C(C)C)N1. The van der Waals surface area contributed by atoms with Crippen LogP contribution in [0.4, 0.5) is 0 Å². The fraction of sp³-hybridized carbons (Fsp3) is 0.605. The molecule has 1 fully saturated rings. The molecule has 4 N–H and O–H groups in total. The number of allylic oxidation sites excluding steroid dienone is 3. The second-order valence-electron chi connectivity index (χ2n) is 15.6. The van der Waals surface area contributed by atoms with Crippen molar-refractivity contribution in [2.24, 2.45) is 16.7 Å². The maximum Gasteiger partial charge on any atom is 0.324 e. The Balaban J connectivity index is 1.87. The lowest BCUT2D eigenvalue weighted by Crippen LogP contribution is -2.61. The first-order valence-electron chi connectivity index (χ1n) is 18.1. The van der Waals surface area contributed by atoms with E-state index in [1.807, 2.05) is 56.5 Å². The summed E-state index contributed by atoms with van der Waals surface area (Å²) in [5, 5.41) is 10.3. The van der Waals surface area contributed by atoms with E-state index >= 15 is 0 Å². The number of ether oxygens (including phenoxy) is 3. The molecule has 0 saturated carbocycles. The number of carbonyl (C=O) groups excluding carboxylic acids is 5. The normalized spacial score (nSPS) is 22.9. The molecule has 0 bridgehead atoms. The van der Waals surface area contributed by atoms with Crippen LogP contribution in [0.2, 0.25) is 25.7 Å².